The molecule has 4 heterocycles. The Morgan fingerprint density at radius 3 is 2.93 bits per heavy atom. The second-order valence-electron chi connectivity index (χ2n) is 6.73. The van der Waals surface area contributed by atoms with Crippen molar-refractivity contribution in [2.24, 2.45) is 0 Å². The minimum Gasteiger partial charge on any atom is -0.468 e. The summed E-state index contributed by atoms with van der Waals surface area (Å²) in [4.78, 5) is 49.7. The molecule has 0 unspecified atom stereocenters. The van der Waals surface area contributed by atoms with Crippen LogP contribution in [0.15, 0.2) is 36.5 Å². The standard InChI is InChI=1S/C19H20N6O4/c1-29-17(27)11-24(12-26)16-6-5-14-18(22-16)25(13-7-9-23(14)10-13)19(28)21-15-4-2-3-8-20-15/h2-6,8,12-13H,7,9-11H2,1H3,(H,20,21,28)/t13-/m0/s1. The van der Waals surface area contributed by atoms with Gasteiger partial charge in [-0.25, -0.2) is 14.8 Å². The van der Waals surface area contributed by atoms with Crippen LogP contribution in [0, 0.1) is 0 Å². The number of carbonyl (C=O) groups is 3. The lowest BCUT2D eigenvalue weighted by Crippen LogP contribution is -2.48. The summed E-state index contributed by atoms with van der Waals surface area (Å²) < 4.78 is 4.63. The lowest BCUT2D eigenvalue weighted by molar-refractivity contribution is -0.139. The van der Waals surface area contributed by atoms with Crippen molar-refractivity contribution < 1.29 is 19.1 Å². The minimum atomic E-state index is -0.565. The van der Waals surface area contributed by atoms with Crippen molar-refractivity contribution in [2.75, 3.05) is 46.8 Å². The number of urea groups is 1. The second-order valence-corrected chi connectivity index (χ2v) is 6.73. The maximum absolute atomic E-state index is 13.1. The predicted molar refractivity (Wildman–Crippen MR) is 106 cm³/mol. The van der Waals surface area contributed by atoms with E-state index in [4.69, 9.17) is 0 Å². The van der Waals surface area contributed by atoms with E-state index in [0.29, 0.717) is 24.6 Å². The Morgan fingerprint density at radius 2 is 2.21 bits per heavy atom. The number of anilines is 4. The van der Waals surface area contributed by atoms with Gasteiger partial charge in [0, 0.05) is 19.3 Å². The summed E-state index contributed by atoms with van der Waals surface area (Å²) in [5, 5.41) is 2.80. The number of rotatable bonds is 5. The molecule has 0 spiro atoms. The molecule has 1 atom stereocenters. The number of carbonyl (C=O) groups excluding carboxylic acids is 3. The molecule has 0 radical (unpaired) electrons. The quantitative estimate of drug-likeness (QED) is 0.598. The third-order valence-electron chi connectivity index (χ3n) is 5.00. The molecule has 3 amide bonds. The maximum atomic E-state index is 13.1. The number of fused-ring (bicyclic) bond motifs is 4. The molecule has 2 bridgehead atoms. The Balaban J connectivity index is 1.67. The van der Waals surface area contributed by atoms with Gasteiger partial charge in [-0.15, -0.1) is 0 Å². The van der Waals surface area contributed by atoms with Crippen LogP contribution >= 0.6 is 0 Å². The van der Waals surface area contributed by atoms with Crippen LogP contribution in [-0.2, 0) is 14.3 Å². The van der Waals surface area contributed by atoms with Gasteiger partial charge in [0.25, 0.3) is 0 Å². The molecule has 2 aliphatic heterocycles. The van der Waals surface area contributed by atoms with Gasteiger partial charge in [0.05, 0.1) is 18.8 Å². The van der Waals surface area contributed by atoms with Crippen LogP contribution in [0.4, 0.5) is 27.9 Å². The van der Waals surface area contributed by atoms with Crippen molar-refractivity contribution in [2.45, 2.75) is 12.5 Å². The lowest BCUT2D eigenvalue weighted by Gasteiger charge is -2.36. The molecule has 29 heavy (non-hydrogen) atoms. The van der Waals surface area contributed by atoms with E-state index in [9.17, 15) is 14.4 Å². The van der Waals surface area contributed by atoms with Gasteiger partial charge in [-0.05, 0) is 30.7 Å². The van der Waals surface area contributed by atoms with E-state index in [-0.39, 0.29) is 24.4 Å². The topological polar surface area (TPSA) is 108 Å². The maximum Gasteiger partial charge on any atom is 0.329 e. The van der Waals surface area contributed by atoms with Gasteiger partial charge in [-0.1, -0.05) is 6.07 Å². The first-order valence-corrected chi connectivity index (χ1v) is 9.16. The predicted octanol–water partition coefficient (Wildman–Crippen LogP) is 1.24. The molecular weight excluding hydrogens is 376 g/mol. The van der Waals surface area contributed by atoms with Crippen LogP contribution in [0.25, 0.3) is 0 Å². The van der Waals surface area contributed by atoms with Crippen molar-refractivity contribution in [3.8, 4) is 0 Å². The Morgan fingerprint density at radius 1 is 1.34 bits per heavy atom. The molecule has 0 saturated carbocycles. The fourth-order valence-electron chi connectivity index (χ4n) is 3.60. The molecule has 2 aromatic rings. The Labute approximate surface area is 167 Å². The monoisotopic (exact) mass is 396 g/mol. The van der Waals surface area contributed by atoms with Crippen molar-refractivity contribution in [3.63, 3.8) is 0 Å². The van der Waals surface area contributed by atoms with E-state index in [1.807, 2.05) is 6.07 Å². The van der Waals surface area contributed by atoms with Gasteiger partial charge in [-0.2, -0.15) is 0 Å². The molecule has 4 rings (SSSR count). The highest BCUT2D eigenvalue weighted by Crippen LogP contribution is 2.40. The summed E-state index contributed by atoms with van der Waals surface area (Å²) in [7, 11) is 1.25. The number of methoxy groups -OCH3 is 1. The van der Waals surface area contributed by atoms with Crippen LogP contribution in [0.2, 0.25) is 0 Å². The SMILES string of the molecule is COC(=O)CN(C=O)c1ccc2c(n1)N(C(=O)Nc1ccccn1)[C@H]1CCN2C1. The molecule has 10 nitrogen and oxygen atoms in total. The Bertz CT molecular complexity index is 938. The van der Waals surface area contributed by atoms with Gasteiger partial charge in [0.1, 0.15) is 18.2 Å². The van der Waals surface area contributed by atoms with Gasteiger partial charge in [0.2, 0.25) is 6.41 Å². The summed E-state index contributed by atoms with van der Waals surface area (Å²) in [6.07, 6.45) is 2.92. The summed E-state index contributed by atoms with van der Waals surface area (Å²) in [6, 6.07) is 8.35. The van der Waals surface area contributed by atoms with Crippen LogP contribution in [0.3, 0.4) is 0 Å². The van der Waals surface area contributed by atoms with E-state index in [1.165, 1.54) is 7.11 Å². The summed E-state index contributed by atoms with van der Waals surface area (Å²) in [5.74, 6) is 0.588. The molecule has 150 valence electrons. The number of amides is 3. The highest BCUT2D eigenvalue weighted by molar-refractivity contribution is 6.04. The van der Waals surface area contributed by atoms with E-state index >= 15 is 0 Å². The van der Waals surface area contributed by atoms with E-state index in [1.54, 1.807) is 35.4 Å². The first kappa shape index (κ1) is 18.7. The number of hydrogen-bond donors (Lipinski definition) is 1. The summed E-state index contributed by atoms with van der Waals surface area (Å²) >= 11 is 0. The summed E-state index contributed by atoms with van der Waals surface area (Å²) in [5.41, 5.74) is 0.808. The molecule has 0 aromatic carbocycles. The summed E-state index contributed by atoms with van der Waals surface area (Å²) in [6.45, 7) is 1.26. The average Bonchev–Trinajstić information content (AvgIpc) is 3.16. The van der Waals surface area contributed by atoms with Crippen LogP contribution in [-0.4, -0.2) is 61.2 Å². The van der Waals surface area contributed by atoms with Gasteiger partial charge < -0.3 is 9.64 Å². The van der Waals surface area contributed by atoms with Crippen molar-refractivity contribution in [1.82, 2.24) is 9.97 Å². The first-order valence-electron chi connectivity index (χ1n) is 9.16. The molecule has 1 N–H and O–H groups in total. The van der Waals surface area contributed by atoms with Crippen molar-refractivity contribution >= 4 is 41.6 Å². The molecule has 2 aliphatic rings. The van der Waals surface area contributed by atoms with Gasteiger partial charge >= 0.3 is 12.0 Å². The van der Waals surface area contributed by atoms with Gasteiger partial charge in [-0.3, -0.25) is 24.7 Å². The molecule has 2 aromatic heterocycles. The number of aromatic nitrogens is 2. The van der Waals surface area contributed by atoms with E-state index < -0.39 is 5.97 Å². The number of nitrogens with zero attached hydrogens (tertiary/aromatic N) is 5. The average molecular weight is 396 g/mol. The van der Waals surface area contributed by atoms with Crippen LogP contribution < -0.4 is 20.0 Å². The smallest absolute Gasteiger partial charge is 0.329 e. The normalized spacial score (nSPS) is 16.8. The Kier molecular flexibility index (Phi) is 4.98. The molecule has 0 aliphatic carbocycles. The van der Waals surface area contributed by atoms with Gasteiger partial charge in [0.15, 0.2) is 5.82 Å². The Hall–Kier alpha value is -3.69. The fraction of sp³-hybridized carbons (Fsp3) is 0.316. The number of nitrogens with one attached hydrogen (secondary N) is 1. The highest BCUT2D eigenvalue weighted by atomic mass is 16.5. The lowest BCUT2D eigenvalue weighted by atomic mass is 10.2. The molecule has 1 saturated heterocycles. The molecule has 10 heteroatoms. The third kappa shape index (κ3) is 3.56. The second kappa shape index (κ2) is 7.74. The van der Waals surface area contributed by atoms with Crippen molar-refractivity contribution in [1.29, 1.82) is 0 Å². The number of esters is 1. The minimum absolute atomic E-state index is 0.0424. The third-order valence-corrected chi connectivity index (χ3v) is 5.00. The van der Waals surface area contributed by atoms with Crippen LogP contribution in [0.5, 0.6) is 0 Å². The number of ether oxygens (including phenoxy) is 1. The largest absolute Gasteiger partial charge is 0.468 e. The van der Waals surface area contributed by atoms with Crippen LogP contribution in [0.1, 0.15) is 6.42 Å². The zero-order valence-electron chi connectivity index (χ0n) is 15.8. The number of pyridine rings is 2. The van der Waals surface area contributed by atoms with Crippen molar-refractivity contribution in [3.05, 3.63) is 36.5 Å². The first-order chi connectivity index (χ1) is 14.1. The highest BCUT2D eigenvalue weighted by Gasteiger charge is 2.40. The van der Waals surface area contributed by atoms with E-state index in [2.05, 4.69) is 24.9 Å². The number of hydrogen-bond acceptors (Lipinski definition) is 7. The molecule has 1 fully saturated rings. The zero-order chi connectivity index (χ0) is 20.4. The molecular formula is C19H20N6O4. The fourth-order valence-corrected chi connectivity index (χ4v) is 3.60. The van der Waals surface area contributed by atoms with E-state index in [0.717, 1.165) is 23.6 Å². The zero-order valence-corrected chi connectivity index (χ0v) is 15.8.